The molecule has 1 fully saturated rings. The standard InChI is InChI=1S/C23H32O2Se/c1-16(14-23(4,5)6)12-17(2)22-18(3)19(13-21(24)25-22)15-26-20-10-8-7-9-11-20/h7-12,14,18-19,22H,13,15H2,1-6H3/b16-14+,17-12+/t18-,19?,22+/m1/s1. The fraction of sp³-hybridized carbons (Fsp3) is 0.522. The van der Waals surface area contributed by atoms with E-state index < -0.39 is 0 Å². The van der Waals surface area contributed by atoms with E-state index in [9.17, 15) is 4.79 Å². The number of hydrogen-bond acceptors (Lipinski definition) is 2. The van der Waals surface area contributed by atoms with Crippen LogP contribution in [0.1, 0.15) is 48.0 Å². The summed E-state index contributed by atoms with van der Waals surface area (Å²) in [5.41, 5.74) is 2.53. The second-order valence-corrected chi connectivity index (χ2v) is 10.8. The number of benzene rings is 1. The molecule has 3 heteroatoms. The van der Waals surface area contributed by atoms with Crippen molar-refractivity contribution in [2.24, 2.45) is 17.3 Å². The quantitative estimate of drug-likeness (QED) is 0.384. The number of esters is 1. The zero-order chi connectivity index (χ0) is 19.3. The Morgan fingerprint density at radius 1 is 1.23 bits per heavy atom. The Morgan fingerprint density at radius 2 is 1.88 bits per heavy atom. The van der Waals surface area contributed by atoms with Gasteiger partial charge in [-0.15, -0.1) is 0 Å². The van der Waals surface area contributed by atoms with Crippen molar-refractivity contribution in [2.45, 2.75) is 59.4 Å². The Balaban J connectivity index is 2.08. The summed E-state index contributed by atoms with van der Waals surface area (Å²) in [5.74, 6) is 0.709. The molecule has 0 aromatic heterocycles. The molecule has 0 spiro atoms. The van der Waals surface area contributed by atoms with Crippen LogP contribution in [0.4, 0.5) is 0 Å². The predicted molar refractivity (Wildman–Crippen MR) is 111 cm³/mol. The molecule has 142 valence electrons. The van der Waals surface area contributed by atoms with E-state index in [0.717, 1.165) is 10.9 Å². The van der Waals surface area contributed by atoms with E-state index in [1.165, 1.54) is 10.0 Å². The van der Waals surface area contributed by atoms with Crippen molar-refractivity contribution in [3.63, 3.8) is 0 Å². The van der Waals surface area contributed by atoms with Crippen LogP contribution in [0.15, 0.2) is 53.6 Å². The summed E-state index contributed by atoms with van der Waals surface area (Å²) in [5, 5.41) is 1.09. The van der Waals surface area contributed by atoms with Crippen molar-refractivity contribution >= 4 is 25.4 Å². The molecule has 1 aliphatic heterocycles. The second-order valence-electron chi connectivity index (χ2n) is 8.50. The van der Waals surface area contributed by atoms with Crippen LogP contribution < -0.4 is 4.46 Å². The van der Waals surface area contributed by atoms with Gasteiger partial charge in [-0.05, 0) is 0 Å². The third-order valence-electron chi connectivity index (χ3n) is 4.68. The fourth-order valence-corrected chi connectivity index (χ4v) is 6.02. The van der Waals surface area contributed by atoms with Gasteiger partial charge in [0.1, 0.15) is 0 Å². The first-order valence-electron chi connectivity index (χ1n) is 9.40. The van der Waals surface area contributed by atoms with Gasteiger partial charge in [0.05, 0.1) is 0 Å². The molecule has 1 aromatic carbocycles. The maximum absolute atomic E-state index is 12.2. The summed E-state index contributed by atoms with van der Waals surface area (Å²) in [6, 6.07) is 10.6. The minimum atomic E-state index is -0.101. The van der Waals surface area contributed by atoms with E-state index in [0.29, 0.717) is 33.2 Å². The van der Waals surface area contributed by atoms with Crippen LogP contribution in [0.2, 0.25) is 5.32 Å². The summed E-state index contributed by atoms with van der Waals surface area (Å²) >= 11 is 0.405. The van der Waals surface area contributed by atoms with Crippen LogP contribution in [-0.2, 0) is 9.53 Å². The predicted octanol–water partition coefficient (Wildman–Crippen LogP) is 4.94. The molecule has 3 atom stereocenters. The van der Waals surface area contributed by atoms with Crippen LogP contribution in [-0.4, -0.2) is 27.0 Å². The van der Waals surface area contributed by atoms with Gasteiger partial charge in [-0.2, -0.15) is 0 Å². The van der Waals surface area contributed by atoms with Gasteiger partial charge in [0.15, 0.2) is 0 Å². The maximum atomic E-state index is 12.2. The van der Waals surface area contributed by atoms with Crippen LogP contribution in [0.5, 0.6) is 0 Å². The van der Waals surface area contributed by atoms with Crippen molar-refractivity contribution in [1.82, 2.24) is 0 Å². The summed E-state index contributed by atoms with van der Waals surface area (Å²) in [7, 11) is 0. The molecular formula is C23H32O2Se. The van der Waals surface area contributed by atoms with Gasteiger partial charge in [0, 0.05) is 0 Å². The van der Waals surface area contributed by atoms with Gasteiger partial charge in [-0.1, -0.05) is 0 Å². The van der Waals surface area contributed by atoms with Gasteiger partial charge in [-0.3, -0.25) is 0 Å². The van der Waals surface area contributed by atoms with Crippen molar-refractivity contribution < 1.29 is 9.53 Å². The number of carbonyl (C=O) groups excluding carboxylic acids is 1. The molecule has 0 radical (unpaired) electrons. The van der Waals surface area contributed by atoms with Gasteiger partial charge in [0.25, 0.3) is 0 Å². The van der Waals surface area contributed by atoms with Crippen molar-refractivity contribution in [3.8, 4) is 0 Å². The number of carbonyl (C=O) groups is 1. The molecule has 1 aromatic rings. The molecular weight excluding hydrogens is 387 g/mol. The Hall–Kier alpha value is -1.31. The molecule has 0 saturated carbocycles. The molecule has 0 N–H and O–H groups in total. The van der Waals surface area contributed by atoms with Gasteiger partial charge < -0.3 is 0 Å². The van der Waals surface area contributed by atoms with Crippen molar-refractivity contribution in [3.05, 3.63) is 53.6 Å². The van der Waals surface area contributed by atoms with E-state index in [1.54, 1.807) is 0 Å². The molecule has 1 heterocycles. The molecule has 2 nitrogen and oxygen atoms in total. The van der Waals surface area contributed by atoms with Crippen LogP contribution in [0, 0.1) is 17.3 Å². The Kier molecular flexibility index (Phi) is 7.32. The van der Waals surface area contributed by atoms with Crippen molar-refractivity contribution in [2.75, 3.05) is 0 Å². The Labute approximate surface area is 165 Å². The molecule has 0 bridgehead atoms. The normalized spacial score (nSPS) is 25.2. The van der Waals surface area contributed by atoms with Gasteiger partial charge in [-0.25, -0.2) is 0 Å². The second kappa shape index (κ2) is 9.06. The monoisotopic (exact) mass is 420 g/mol. The topological polar surface area (TPSA) is 26.3 Å². The molecule has 1 aliphatic rings. The minimum absolute atomic E-state index is 0.0489. The Morgan fingerprint density at radius 3 is 2.50 bits per heavy atom. The molecule has 2 rings (SSSR count). The fourth-order valence-electron chi connectivity index (χ4n) is 3.55. The number of ether oxygens (including phenoxy) is 1. The van der Waals surface area contributed by atoms with Crippen LogP contribution >= 0.6 is 0 Å². The van der Waals surface area contributed by atoms with Gasteiger partial charge in [0.2, 0.25) is 0 Å². The summed E-state index contributed by atoms with van der Waals surface area (Å²) < 4.78 is 7.15. The summed E-state index contributed by atoms with van der Waals surface area (Å²) in [6.07, 6.45) is 4.90. The van der Waals surface area contributed by atoms with E-state index >= 15 is 0 Å². The van der Waals surface area contributed by atoms with E-state index in [2.05, 4.69) is 84.0 Å². The molecule has 0 aliphatic carbocycles. The van der Waals surface area contributed by atoms with E-state index in [-0.39, 0.29) is 17.5 Å². The average molecular weight is 419 g/mol. The van der Waals surface area contributed by atoms with Crippen LogP contribution in [0.3, 0.4) is 0 Å². The third-order valence-corrected chi connectivity index (χ3v) is 7.20. The van der Waals surface area contributed by atoms with E-state index in [1.807, 2.05) is 0 Å². The molecule has 0 amide bonds. The number of cyclic esters (lactones) is 1. The van der Waals surface area contributed by atoms with Crippen LogP contribution in [0.25, 0.3) is 0 Å². The number of hydrogen-bond donors (Lipinski definition) is 0. The van der Waals surface area contributed by atoms with E-state index in [4.69, 9.17) is 4.74 Å². The summed E-state index contributed by atoms with van der Waals surface area (Å²) in [6.45, 7) is 13.1. The first-order valence-corrected chi connectivity index (χ1v) is 11.5. The first kappa shape index (κ1) is 21.0. The van der Waals surface area contributed by atoms with Gasteiger partial charge >= 0.3 is 165 Å². The average Bonchev–Trinajstić information content (AvgIpc) is 2.54. The third kappa shape index (κ3) is 6.45. The molecule has 26 heavy (non-hydrogen) atoms. The Bertz CT molecular complexity index is 667. The zero-order valence-corrected chi connectivity index (χ0v) is 18.6. The zero-order valence-electron chi connectivity index (χ0n) is 16.9. The summed E-state index contributed by atoms with van der Waals surface area (Å²) in [4.78, 5) is 12.2. The molecule has 1 unspecified atom stereocenters. The number of rotatable bonds is 5. The number of allylic oxidation sites excluding steroid dienone is 3. The molecule has 1 saturated heterocycles. The first-order chi connectivity index (χ1) is 12.2. The SMILES string of the molecule is CC(=C\C(C)(C)C)/C=C(\C)[C@@H]1OC(=O)CC(C[Se]c2ccccc2)[C@H]1C. The van der Waals surface area contributed by atoms with Crippen molar-refractivity contribution in [1.29, 1.82) is 0 Å².